The van der Waals surface area contributed by atoms with E-state index >= 15 is 0 Å². The highest BCUT2D eigenvalue weighted by Gasteiger charge is 2.62. The van der Waals surface area contributed by atoms with Gasteiger partial charge in [-0.15, -0.1) is 0 Å². The fourth-order valence-electron chi connectivity index (χ4n) is 4.83. The number of hydrogen-bond acceptors (Lipinski definition) is 4. The standard InChI is InChI=1S/C18H28N2O4/c1-5-19-8-9-20(16(23)15(19)22)11-14(21)24-13-10-12-6-7-18(13,4)17(12,2)3/h12-13H,5-11H2,1-4H3. The molecule has 2 amide bonds. The molecule has 3 aliphatic rings. The lowest BCUT2D eigenvalue weighted by Crippen LogP contribution is -2.55. The Hall–Kier alpha value is -1.59. The molecule has 0 aromatic carbocycles. The molecule has 1 saturated heterocycles. The largest absolute Gasteiger partial charge is 0.460 e. The molecule has 0 radical (unpaired) electrons. The van der Waals surface area contributed by atoms with Gasteiger partial charge in [0.25, 0.3) is 0 Å². The minimum Gasteiger partial charge on any atom is -0.460 e. The van der Waals surface area contributed by atoms with Crippen LogP contribution in [-0.4, -0.2) is 59.9 Å². The highest BCUT2D eigenvalue weighted by molar-refractivity contribution is 6.35. The number of ether oxygens (including phenoxy) is 1. The van der Waals surface area contributed by atoms with Gasteiger partial charge < -0.3 is 14.5 Å². The van der Waals surface area contributed by atoms with Crippen molar-refractivity contribution in [3.05, 3.63) is 0 Å². The average molecular weight is 336 g/mol. The number of carbonyl (C=O) groups is 3. The average Bonchev–Trinajstić information content (AvgIpc) is 2.85. The van der Waals surface area contributed by atoms with Crippen LogP contribution in [-0.2, 0) is 19.1 Å². The molecule has 0 aromatic heterocycles. The number of piperazine rings is 1. The SMILES string of the molecule is CCN1CCN(CC(=O)OC2CC3CCC2(C)C3(C)C)C(=O)C1=O. The molecule has 1 aliphatic heterocycles. The molecule has 6 heteroatoms. The van der Waals surface area contributed by atoms with Crippen LogP contribution in [0, 0.1) is 16.7 Å². The summed E-state index contributed by atoms with van der Waals surface area (Å²) in [5.41, 5.74) is 0.185. The molecule has 0 spiro atoms. The summed E-state index contributed by atoms with van der Waals surface area (Å²) in [6.45, 7) is 9.85. The molecule has 3 atom stereocenters. The summed E-state index contributed by atoms with van der Waals surface area (Å²) in [6, 6.07) is 0. The van der Waals surface area contributed by atoms with Crippen molar-refractivity contribution in [3.63, 3.8) is 0 Å². The van der Waals surface area contributed by atoms with E-state index in [0.29, 0.717) is 25.6 Å². The maximum atomic E-state index is 12.4. The molecule has 24 heavy (non-hydrogen) atoms. The summed E-state index contributed by atoms with van der Waals surface area (Å²) >= 11 is 0. The second kappa shape index (κ2) is 5.74. The van der Waals surface area contributed by atoms with Crippen LogP contribution in [0.2, 0.25) is 0 Å². The van der Waals surface area contributed by atoms with E-state index in [4.69, 9.17) is 4.74 Å². The zero-order valence-corrected chi connectivity index (χ0v) is 15.1. The number of esters is 1. The molecular formula is C18H28N2O4. The van der Waals surface area contributed by atoms with Gasteiger partial charge in [-0.25, -0.2) is 0 Å². The Morgan fingerprint density at radius 3 is 2.33 bits per heavy atom. The number of nitrogens with zero attached hydrogens (tertiary/aromatic N) is 2. The lowest BCUT2D eigenvalue weighted by molar-refractivity contribution is -0.165. The van der Waals surface area contributed by atoms with Gasteiger partial charge in [-0.2, -0.15) is 0 Å². The molecule has 3 fully saturated rings. The van der Waals surface area contributed by atoms with E-state index in [1.807, 2.05) is 6.92 Å². The van der Waals surface area contributed by atoms with E-state index in [0.717, 1.165) is 12.8 Å². The highest BCUT2D eigenvalue weighted by Crippen LogP contribution is 2.66. The number of fused-ring (bicyclic) bond motifs is 2. The Morgan fingerprint density at radius 2 is 1.79 bits per heavy atom. The van der Waals surface area contributed by atoms with Gasteiger partial charge in [0, 0.05) is 25.0 Å². The van der Waals surface area contributed by atoms with E-state index in [1.165, 1.54) is 16.2 Å². The van der Waals surface area contributed by atoms with Crippen LogP contribution >= 0.6 is 0 Å². The lowest BCUT2D eigenvalue weighted by Gasteiger charge is -2.39. The Labute approximate surface area is 143 Å². The predicted octanol–water partition coefficient (Wildman–Crippen LogP) is 1.44. The molecule has 3 rings (SSSR count). The second-order valence-corrected chi connectivity index (χ2v) is 8.20. The van der Waals surface area contributed by atoms with Crippen molar-refractivity contribution in [2.24, 2.45) is 16.7 Å². The highest BCUT2D eigenvalue weighted by atomic mass is 16.5. The summed E-state index contributed by atoms with van der Waals surface area (Å²) in [7, 11) is 0. The third-order valence-corrected chi connectivity index (χ3v) is 7.09. The van der Waals surface area contributed by atoms with Crippen molar-refractivity contribution < 1.29 is 19.1 Å². The molecule has 0 N–H and O–H groups in total. The molecular weight excluding hydrogens is 308 g/mol. The smallest absolute Gasteiger partial charge is 0.325 e. The summed E-state index contributed by atoms with van der Waals surface area (Å²) in [5, 5.41) is 0. The Morgan fingerprint density at radius 1 is 1.17 bits per heavy atom. The summed E-state index contributed by atoms with van der Waals surface area (Å²) < 4.78 is 5.77. The van der Waals surface area contributed by atoms with Crippen LogP contribution in [0.3, 0.4) is 0 Å². The van der Waals surface area contributed by atoms with Gasteiger partial charge in [-0.1, -0.05) is 20.8 Å². The van der Waals surface area contributed by atoms with Crippen molar-refractivity contribution in [1.82, 2.24) is 9.80 Å². The third-order valence-electron chi connectivity index (χ3n) is 7.09. The number of likely N-dealkylation sites (N-methyl/N-ethyl adjacent to an activating group) is 1. The van der Waals surface area contributed by atoms with E-state index in [2.05, 4.69) is 20.8 Å². The molecule has 1 heterocycles. The van der Waals surface area contributed by atoms with Gasteiger partial charge in [0.1, 0.15) is 12.6 Å². The van der Waals surface area contributed by atoms with E-state index in [-0.39, 0.29) is 23.5 Å². The summed E-state index contributed by atoms with van der Waals surface area (Å²) in [6.07, 6.45) is 3.10. The number of amides is 2. The predicted molar refractivity (Wildman–Crippen MR) is 87.9 cm³/mol. The van der Waals surface area contributed by atoms with Gasteiger partial charge in [0.2, 0.25) is 0 Å². The van der Waals surface area contributed by atoms with E-state index < -0.39 is 17.8 Å². The summed E-state index contributed by atoms with van der Waals surface area (Å²) in [5.74, 6) is -0.920. The van der Waals surface area contributed by atoms with Crippen molar-refractivity contribution in [1.29, 1.82) is 0 Å². The Balaban J connectivity index is 1.60. The minimum atomic E-state index is -0.598. The normalized spacial score (nSPS) is 34.8. The molecule has 3 unspecified atom stereocenters. The molecule has 134 valence electrons. The van der Waals surface area contributed by atoms with Gasteiger partial charge in [-0.05, 0) is 37.5 Å². The maximum Gasteiger partial charge on any atom is 0.325 e. The van der Waals surface area contributed by atoms with Crippen LogP contribution < -0.4 is 0 Å². The maximum absolute atomic E-state index is 12.4. The minimum absolute atomic E-state index is 0.00800. The first-order valence-electron chi connectivity index (χ1n) is 8.98. The third kappa shape index (κ3) is 2.42. The first-order chi connectivity index (χ1) is 11.2. The Bertz CT molecular complexity index is 573. The van der Waals surface area contributed by atoms with Gasteiger partial charge >= 0.3 is 17.8 Å². The molecule has 0 aromatic rings. The topological polar surface area (TPSA) is 66.9 Å². The van der Waals surface area contributed by atoms with E-state index in [1.54, 1.807) is 0 Å². The first kappa shape index (κ1) is 17.2. The fourth-order valence-corrected chi connectivity index (χ4v) is 4.83. The second-order valence-electron chi connectivity index (χ2n) is 8.20. The van der Waals surface area contributed by atoms with Crippen LogP contribution in [0.15, 0.2) is 0 Å². The van der Waals surface area contributed by atoms with Crippen LogP contribution in [0.4, 0.5) is 0 Å². The number of hydrogen-bond donors (Lipinski definition) is 0. The van der Waals surface area contributed by atoms with Crippen molar-refractivity contribution in [2.75, 3.05) is 26.2 Å². The molecule has 2 saturated carbocycles. The van der Waals surface area contributed by atoms with Gasteiger partial charge in [0.15, 0.2) is 0 Å². The van der Waals surface area contributed by atoms with Crippen LogP contribution in [0.25, 0.3) is 0 Å². The quantitative estimate of drug-likeness (QED) is 0.575. The monoisotopic (exact) mass is 336 g/mol. The van der Waals surface area contributed by atoms with Crippen molar-refractivity contribution in [3.8, 4) is 0 Å². The fraction of sp³-hybridized carbons (Fsp3) is 0.833. The van der Waals surface area contributed by atoms with Crippen LogP contribution in [0.1, 0.15) is 47.0 Å². The molecule has 2 aliphatic carbocycles. The molecule has 2 bridgehead atoms. The zero-order valence-electron chi connectivity index (χ0n) is 15.1. The van der Waals surface area contributed by atoms with Crippen LogP contribution in [0.5, 0.6) is 0 Å². The first-order valence-corrected chi connectivity index (χ1v) is 8.98. The number of rotatable bonds is 4. The molecule has 6 nitrogen and oxygen atoms in total. The number of carbonyl (C=O) groups excluding carboxylic acids is 3. The summed E-state index contributed by atoms with van der Waals surface area (Å²) in [4.78, 5) is 39.2. The zero-order chi connectivity index (χ0) is 17.7. The van der Waals surface area contributed by atoms with Crippen molar-refractivity contribution >= 4 is 17.8 Å². The van der Waals surface area contributed by atoms with Crippen molar-refractivity contribution in [2.45, 2.75) is 53.1 Å². The van der Waals surface area contributed by atoms with E-state index in [9.17, 15) is 14.4 Å². The van der Waals surface area contributed by atoms with Gasteiger partial charge in [0.05, 0.1) is 0 Å². The lowest BCUT2D eigenvalue weighted by atomic mass is 9.70. The van der Waals surface area contributed by atoms with Gasteiger partial charge in [-0.3, -0.25) is 14.4 Å². The Kier molecular flexibility index (Phi) is 4.12.